The van der Waals surface area contributed by atoms with Crippen LogP contribution in [0.2, 0.25) is 0 Å². The summed E-state index contributed by atoms with van der Waals surface area (Å²) in [5.74, 6) is 0. The SMILES string of the molecule is CC1CN(CCC(N)C(C)(C)C)CC(CO)O1. The third kappa shape index (κ3) is 4.92. The van der Waals surface area contributed by atoms with E-state index in [1.165, 1.54) is 0 Å². The van der Waals surface area contributed by atoms with Gasteiger partial charge in [-0.15, -0.1) is 0 Å². The molecule has 1 fully saturated rings. The maximum Gasteiger partial charge on any atom is 0.0936 e. The first-order valence-corrected chi connectivity index (χ1v) is 6.57. The Bertz CT molecular complexity index is 228. The lowest BCUT2D eigenvalue weighted by Crippen LogP contribution is -2.49. The summed E-state index contributed by atoms with van der Waals surface area (Å²) in [6.07, 6.45) is 1.16. The number of nitrogens with two attached hydrogens (primary N) is 1. The van der Waals surface area contributed by atoms with E-state index < -0.39 is 0 Å². The molecule has 4 heteroatoms. The van der Waals surface area contributed by atoms with Gasteiger partial charge in [-0.05, 0) is 25.3 Å². The molecule has 0 aliphatic carbocycles. The largest absolute Gasteiger partial charge is 0.394 e. The molecule has 0 spiro atoms. The van der Waals surface area contributed by atoms with Crippen LogP contribution >= 0.6 is 0 Å². The van der Waals surface area contributed by atoms with E-state index in [4.69, 9.17) is 15.6 Å². The molecule has 102 valence electrons. The normalized spacial score (nSPS) is 29.3. The summed E-state index contributed by atoms with van der Waals surface area (Å²) in [6.45, 7) is 11.4. The van der Waals surface area contributed by atoms with Crippen LogP contribution in [0.5, 0.6) is 0 Å². The number of rotatable bonds is 4. The average molecular weight is 244 g/mol. The monoisotopic (exact) mass is 244 g/mol. The second-order valence-electron chi connectivity index (χ2n) is 6.27. The number of aliphatic hydroxyl groups excluding tert-OH is 1. The maximum absolute atomic E-state index is 9.16. The minimum atomic E-state index is -0.0374. The van der Waals surface area contributed by atoms with Crippen LogP contribution in [0, 0.1) is 5.41 Å². The van der Waals surface area contributed by atoms with Crippen LogP contribution in [0.1, 0.15) is 34.1 Å². The number of hydrogen-bond donors (Lipinski definition) is 2. The van der Waals surface area contributed by atoms with Crippen molar-refractivity contribution in [1.29, 1.82) is 0 Å². The zero-order valence-electron chi connectivity index (χ0n) is 11.6. The van der Waals surface area contributed by atoms with Crippen molar-refractivity contribution < 1.29 is 9.84 Å². The van der Waals surface area contributed by atoms with Crippen molar-refractivity contribution in [3.63, 3.8) is 0 Å². The highest BCUT2D eigenvalue weighted by atomic mass is 16.5. The molecule has 0 aromatic rings. The fourth-order valence-electron chi connectivity index (χ4n) is 2.18. The van der Waals surface area contributed by atoms with Crippen LogP contribution in [0.15, 0.2) is 0 Å². The quantitative estimate of drug-likeness (QED) is 0.769. The van der Waals surface area contributed by atoms with Crippen molar-refractivity contribution in [2.75, 3.05) is 26.2 Å². The van der Waals surface area contributed by atoms with E-state index in [9.17, 15) is 0 Å². The summed E-state index contributed by atoms with van der Waals surface area (Å²) in [5, 5.41) is 9.16. The fourth-order valence-corrected chi connectivity index (χ4v) is 2.18. The molecule has 0 aromatic carbocycles. The van der Waals surface area contributed by atoms with Gasteiger partial charge in [-0.25, -0.2) is 0 Å². The topological polar surface area (TPSA) is 58.7 Å². The summed E-state index contributed by atoms with van der Waals surface area (Å²) in [5.41, 5.74) is 6.32. The highest BCUT2D eigenvalue weighted by molar-refractivity contribution is 4.81. The molecule has 0 bridgehead atoms. The first-order chi connectivity index (χ1) is 7.82. The van der Waals surface area contributed by atoms with Gasteiger partial charge in [0.2, 0.25) is 0 Å². The second-order valence-corrected chi connectivity index (χ2v) is 6.27. The van der Waals surface area contributed by atoms with Gasteiger partial charge >= 0.3 is 0 Å². The number of ether oxygens (including phenoxy) is 1. The van der Waals surface area contributed by atoms with Crippen LogP contribution in [-0.2, 0) is 4.74 Å². The van der Waals surface area contributed by atoms with Crippen LogP contribution in [0.4, 0.5) is 0 Å². The standard InChI is InChI=1S/C13H28N2O2/c1-10-7-15(8-11(9-16)17-10)6-5-12(14)13(2,3)4/h10-12,16H,5-9,14H2,1-4H3. The molecule has 0 amide bonds. The van der Waals surface area contributed by atoms with Gasteiger partial charge in [-0.1, -0.05) is 20.8 Å². The predicted octanol–water partition coefficient (Wildman–Crippen LogP) is 0.832. The molecule has 1 aliphatic heterocycles. The molecule has 3 unspecified atom stereocenters. The Morgan fingerprint density at radius 1 is 1.41 bits per heavy atom. The molecule has 4 nitrogen and oxygen atoms in total. The molecule has 1 aliphatic rings. The van der Waals surface area contributed by atoms with E-state index in [-0.39, 0.29) is 30.3 Å². The summed E-state index contributed by atoms with van der Waals surface area (Å²) < 4.78 is 5.62. The Morgan fingerprint density at radius 3 is 2.59 bits per heavy atom. The number of nitrogens with zero attached hydrogens (tertiary/aromatic N) is 1. The van der Waals surface area contributed by atoms with Gasteiger partial charge in [-0.2, -0.15) is 0 Å². The number of morpholine rings is 1. The van der Waals surface area contributed by atoms with Crippen LogP contribution in [-0.4, -0.2) is 54.5 Å². The Labute approximate surface area is 105 Å². The Morgan fingerprint density at radius 2 is 2.06 bits per heavy atom. The van der Waals surface area contributed by atoms with Crippen molar-refractivity contribution in [3.05, 3.63) is 0 Å². The summed E-state index contributed by atoms with van der Waals surface area (Å²) in [4.78, 5) is 2.35. The molecule has 1 heterocycles. The van der Waals surface area contributed by atoms with Gasteiger partial charge in [-0.3, -0.25) is 4.90 Å². The minimum absolute atomic E-state index is 0.0374. The minimum Gasteiger partial charge on any atom is -0.394 e. The van der Waals surface area contributed by atoms with E-state index in [1.807, 2.05) is 0 Å². The zero-order valence-corrected chi connectivity index (χ0v) is 11.6. The summed E-state index contributed by atoms with van der Waals surface area (Å²) in [7, 11) is 0. The lowest BCUT2D eigenvalue weighted by molar-refractivity contribution is -0.0957. The van der Waals surface area contributed by atoms with Crippen molar-refractivity contribution in [2.45, 2.75) is 52.4 Å². The molecule has 1 saturated heterocycles. The Kier molecular flexibility index (Phi) is 5.38. The van der Waals surface area contributed by atoms with Crippen molar-refractivity contribution in [2.24, 2.45) is 11.1 Å². The molecular weight excluding hydrogens is 216 g/mol. The molecule has 17 heavy (non-hydrogen) atoms. The summed E-state index contributed by atoms with van der Waals surface area (Å²) in [6, 6.07) is 0.216. The number of aliphatic hydroxyl groups is 1. The smallest absolute Gasteiger partial charge is 0.0936 e. The van der Waals surface area contributed by atoms with Crippen LogP contribution in [0.3, 0.4) is 0 Å². The van der Waals surface area contributed by atoms with E-state index in [2.05, 4.69) is 32.6 Å². The molecule has 3 N–H and O–H groups in total. The first kappa shape index (κ1) is 14.9. The van der Waals surface area contributed by atoms with E-state index in [0.717, 1.165) is 26.1 Å². The molecule has 0 saturated carbocycles. The predicted molar refractivity (Wildman–Crippen MR) is 69.9 cm³/mol. The molecule has 0 radical (unpaired) electrons. The third-order valence-electron chi connectivity index (χ3n) is 3.47. The van der Waals surface area contributed by atoms with Gasteiger partial charge in [0.15, 0.2) is 0 Å². The highest BCUT2D eigenvalue weighted by Crippen LogP contribution is 2.20. The Balaban J connectivity index is 2.36. The van der Waals surface area contributed by atoms with E-state index in [0.29, 0.717) is 0 Å². The van der Waals surface area contributed by atoms with E-state index >= 15 is 0 Å². The van der Waals surface area contributed by atoms with Gasteiger partial charge in [0.05, 0.1) is 18.8 Å². The lowest BCUT2D eigenvalue weighted by atomic mass is 9.85. The fraction of sp³-hybridized carbons (Fsp3) is 1.00. The average Bonchev–Trinajstić information content (AvgIpc) is 2.23. The van der Waals surface area contributed by atoms with Gasteiger partial charge in [0.25, 0.3) is 0 Å². The molecular formula is C13H28N2O2. The van der Waals surface area contributed by atoms with Gasteiger partial charge in [0.1, 0.15) is 0 Å². The third-order valence-corrected chi connectivity index (χ3v) is 3.47. The van der Waals surface area contributed by atoms with E-state index in [1.54, 1.807) is 0 Å². The van der Waals surface area contributed by atoms with Crippen molar-refractivity contribution in [3.8, 4) is 0 Å². The molecule has 0 aromatic heterocycles. The zero-order chi connectivity index (χ0) is 13.1. The highest BCUT2D eigenvalue weighted by Gasteiger charge is 2.26. The van der Waals surface area contributed by atoms with Crippen molar-refractivity contribution in [1.82, 2.24) is 4.90 Å². The van der Waals surface area contributed by atoms with Gasteiger partial charge < -0.3 is 15.6 Å². The maximum atomic E-state index is 9.16. The van der Waals surface area contributed by atoms with Gasteiger partial charge in [0, 0.05) is 19.1 Å². The second kappa shape index (κ2) is 6.14. The Hall–Kier alpha value is -0.160. The summed E-state index contributed by atoms with van der Waals surface area (Å²) >= 11 is 0. The van der Waals surface area contributed by atoms with Crippen molar-refractivity contribution >= 4 is 0 Å². The molecule has 1 rings (SSSR count). The number of hydrogen-bond acceptors (Lipinski definition) is 4. The van der Waals surface area contributed by atoms with Crippen LogP contribution in [0.25, 0.3) is 0 Å². The lowest BCUT2D eigenvalue weighted by Gasteiger charge is -2.37. The first-order valence-electron chi connectivity index (χ1n) is 6.57. The molecule has 3 atom stereocenters. The van der Waals surface area contributed by atoms with Crippen LogP contribution < -0.4 is 5.73 Å².